The van der Waals surface area contributed by atoms with Gasteiger partial charge in [0.1, 0.15) is 12.7 Å². The van der Waals surface area contributed by atoms with Crippen LogP contribution in [0.4, 0.5) is 11.9 Å². The van der Waals surface area contributed by atoms with Gasteiger partial charge in [0.25, 0.3) is 5.95 Å². The molecule has 0 aliphatic carbocycles. The molecule has 2 heterocycles. The third-order valence-corrected chi connectivity index (χ3v) is 2.71. The predicted molar refractivity (Wildman–Crippen MR) is 75.3 cm³/mol. The van der Waals surface area contributed by atoms with Crippen molar-refractivity contribution in [1.82, 2.24) is 29.7 Å². The molecule has 0 atom stereocenters. The average Bonchev–Trinajstić information content (AvgIpc) is 2.98. The highest BCUT2D eigenvalue weighted by Gasteiger charge is 2.16. The van der Waals surface area contributed by atoms with E-state index in [9.17, 15) is 0 Å². The van der Waals surface area contributed by atoms with Gasteiger partial charge in [-0.2, -0.15) is 24.7 Å². The summed E-state index contributed by atoms with van der Waals surface area (Å²) in [6, 6.07) is 0.270. The van der Waals surface area contributed by atoms with Gasteiger partial charge in [0.05, 0.1) is 0 Å². The molecule has 9 nitrogen and oxygen atoms in total. The Labute approximate surface area is 117 Å². The molecule has 0 aromatic carbocycles. The topological polar surface area (TPSA) is 111 Å². The Hall–Kier alpha value is -2.29. The van der Waals surface area contributed by atoms with Crippen molar-refractivity contribution in [2.24, 2.45) is 5.84 Å². The van der Waals surface area contributed by atoms with Crippen molar-refractivity contribution in [3.05, 3.63) is 12.7 Å². The van der Waals surface area contributed by atoms with E-state index in [1.165, 1.54) is 17.3 Å². The van der Waals surface area contributed by atoms with Gasteiger partial charge in [-0.25, -0.2) is 10.8 Å². The summed E-state index contributed by atoms with van der Waals surface area (Å²) >= 11 is 0. The van der Waals surface area contributed by atoms with Crippen LogP contribution in [0.5, 0.6) is 0 Å². The molecule has 108 valence electrons. The number of hydrazine groups is 1. The second-order valence-electron chi connectivity index (χ2n) is 4.53. The molecule has 0 amide bonds. The lowest BCUT2D eigenvalue weighted by molar-refractivity contribution is 0.644. The minimum atomic E-state index is 0.270. The van der Waals surface area contributed by atoms with Gasteiger partial charge in [0.2, 0.25) is 11.9 Å². The zero-order chi connectivity index (χ0) is 14.5. The van der Waals surface area contributed by atoms with Crippen molar-refractivity contribution in [3.63, 3.8) is 0 Å². The van der Waals surface area contributed by atoms with Gasteiger partial charge in [-0.1, -0.05) is 6.92 Å². The summed E-state index contributed by atoms with van der Waals surface area (Å²) in [6.45, 7) is 7.13. The maximum atomic E-state index is 5.42. The molecule has 0 fully saturated rings. The molecule has 0 saturated carbocycles. The number of anilines is 2. The van der Waals surface area contributed by atoms with Crippen LogP contribution in [0, 0.1) is 0 Å². The van der Waals surface area contributed by atoms with Gasteiger partial charge in [0, 0.05) is 12.6 Å². The van der Waals surface area contributed by atoms with E-state index in [0.29, 0.717) is 17.8 Å². The lowest BCUT2D eigenvalue weighted by atomic mass is 10.3. The first-order chi connectivity index (χ1) is 9.65. The van der Waals surface area contributed by atoms with E-state index in [2.05, 4.69) is 56.1 Å². The lowest BCUT2D eigenvalue weighted by Gasteiger charge is -2.26. The van der Waals surface area contributed by atoms with Gasteiger partial charge < -0.3 is 4.90 Å². The van der Waals surface area contributed by atoms with Gasteiger partial charge in [-0.3, -0.25) is 5.43 Å². The van der Waals surface area contributed by atoms with Crippen LogP contribution in [0.15, 0.2) is 12.7 Å². The third-order valence-electron chi connectivity index (χ3n) is 2.71. The molecular formula is C11H19N9. The molecule has 0 bridgehead atoms. The number of nitrogens with one attached hydrogen (secondary N) is 1. The molecule has 20 heavy (non-hydrogen) atoms. The normalized spacial score (nSPS) is 10.8. The molecule has 2 aromatic rings. The summed E-state index contributed by atoms with van der Waals surface area (Å²) in [7, 11) is 0. The minimum Gasteiger partial charge on any atom is -0.338 e. The highest BCUT2D eigenvalue weighted by Crippen LogP contribution is 2.15. The predicted octanol–water partition coefficient (Wildman–Crippen LogP) is 0.363. The van der Waals surface area contributed by atoms with Gasteiger partial charge in [0.15, 0.2) is 0 Å². The number of hydrogen-bond acceptors (Lipinski definition) is 8. The van der Waals surface area contributed by atoms with Crippen molar-refractivity contribution in [2.75, 3.05) is 16.9 Å². The maximum Gasteiger partial charge on any atom is 0.258 e. The number of aromatic nitrogens is 6. The zero-order valence-electron chi connectivity index (χ0n) is 11.9. The van der Waals surface area contributed by atoms with E-state index in [1.54, 1.807) is 0 Å². The van der Waals surface area contributed by atoms with Crippen molar-refractivity contribution in [1.29, 1.82) is 0 Å². The molecule has 9 heteroatoms. The van der Waals surface area contributed by atoms with Crippen molar-refractivity contribution < 1.29 is 0 Å². The molecule has 2 rings (SSSR count). The van der Waals surface area contributed by atoms with Crippen LogP contribution < -0.4 is 16.2 Å². The average molecular weight is 277 g/mol. The first kappa shape index (κ1) is 14.1. The number of hydrogen-bond donors (Lipinski definition) is 2. The number of nitrogens with zero attached hydrogens (tertiary/aromatic N) is 7. The highest BCUT2D eigenvalue weighted by molar-refractivity contribution is 5.39. The highest BCUT2D eigenvalue weighted by atomic mass is 15.4. The molecule has 0 aliphatic heterocycles. The molecule has 0 saturated heterocycles. The Bertz CT molecular complexity index is 537. The second kappa shape index (κ2) is 6.24. The van der Waals surface area contributed by atoms with E-state index in [4.69, 9.17) is 5.84 Å². The maximum absolute atomic E-state index is 5.42. The van der Waals surface area contributed by atoms with Crippen LogP contribution in [0.2, 0.25) is 0 Å². The quantitative estimate of drug-likeness (QED) is 0.575. The Kier molecular flexibility index (Phi) is 4.41. The van der Waals surface area contributed by atoms with Crippen molar-refractivity contribution in [2.45, 2.75) is 33.2 Å². The molecule has 0 radical (unpaired) electrons. The van der Waals surface area contributed by atoms with E-state index in [-0.39, 0.29) is 6.04 Å². The van der Waals surface area contributed by atoms with E-state index in [0.717, 1.165) is 13.0 Å². The van der Waals surface area contributed by atoms with Crippen LogP contribution >= 0.6 is 0 Å². The Morgan fingerprint density at radius 1 is 1.35 bits per heavy atom. The summed E-state index contributed by atoms with van der Waals surface area (Å²) in [5.41, 5.74) is 2.46. The first-order valence-corrected chi connectivity index (χ1v) is 6.50. The van der Waals surface area contributed by atoms with E-state index in [1.807, 2.05) is 0 Å². The van der Waals surface area contributed by atoms with Crippen LogP contribution in [-0.2, 0) is 0 Å². The van der Waals surface area contributed by atoms with Crippen LogP contribution in [0.25, 0.3) is 5.95 Å². The fraction of sp³-hybridized carbons (Fsp3) is 0.545. The monoisotopic (exact) mass is 277 g/mol. The molecular weight excluding hydrogens is 258 g/mol. The fourth-order valence-corrected chi connectivity index (χ4v) is 1.79. The van der Waals surface area contributed by atoms with Crippen molar-refractivity contribution in [3.8, 4) is 5.95 Å². The smallest absolute Gasteiger partial charge is 0.258 e. The summed E-state index contributed by atoms with van der Waals surface area (Å²) in [5, 5.41) is 4.02. The Morgan fingerprint density at radius 3 is 2.70 bits per heavy atom. The first-order valence-electron chi connectivity index (χ1n) is 6.50. The molecule has 0 spiro atoms. The Balaban J connectivity index is 2.44. The summed E-state index contributed by atoms with van der Waals surface area (Å²) < 4.78 is 1.47. The number of rotatable bonds is 6. The van der Waals surface area contributed by atoms with E-state index < -0.39 is 0 Å². The SMILES string of the molecule is CCCN(c1nc(NN)nc(-n2cncn2)n1)C(C)C. The fourth-order valence-electron chi connectivity index (χ4n) is 1.79. The standard InChI is InChI=1S/C11H19N9/c1-4-5-19(8(2)3)10-15-9(18-12)16-11(17-10)20-7-13-6-14-20/h6-8H,4-5,12H2,1-3H3,(H,15,16,17,18). The summed E-state index contributed by atoms with van der Waals surface area (Å²) in [5.74, 6) is 6.66. The summed E-state index contributed by atoms with van der Waals surface area (Å²) in [4.78, 5) is 18.9. The number of nitrogen functional groups attached to an aromatic ring is 1. The largest absolute Gasteiger partial charge is 0.338 e. The van der Waals surface area contributed by atoms with Crippen LogP contribution in [0.3, 0.4) is 0 Å². The molecule has 2 aromatic heterocycles. The van der Waals surface area contributed by atoms with E-state index >= 15 is 0 Å². The Morgan fingerprint density at radius 2 is 2.15 bits per heavy atom. The van der Waals surface area contributed by atoms with Crippen molar-refractivity contribution >= 4 is 11.9 Å². The van der Waals surface area contributed by atoms with Crippen LogP contribution in [0.1, 0.15) is 27.2 Å². The molecule has 3 N–H and O–H groups in total. The van der Waals surface area contributed by atoms with Gasteiger partial charge in [-0.15, -0.1) is 0 Å². The minimum absolute atomic E-state index is 0.270. The summed E-state index contributed by atoms with van der Waals surface area (Å²) in [6.07, 6.45) is 3.94. The molecule has 0 aliphatic rings. The van der Waals surface area contributed by atoms with Crippen LogP contribution in [-0.4, -0.2) is 42.3 Å². The third kappa shape index (κ3) is 2.99. The molecule has 0 unspecified atom stereocenters. The number of nitrogens with two attached hydrogens (primary N) is 1. The zero-order valence-corrected chi connectivity index (χ0v) is 11.9. The van der Waals surface area contributed by atoms with Gasteiger partial charge >= 0.3 is 0 Å². The lowest BCUT2D eigenvalue weighted by Crippen LogP contribution is -2.34. The second-order valence-corrected chi connectivity index (χ2v) is 4.53. The van der Waals surface area contributed by atoms with Gasteiger partial charge in [-0.05, 0) is 20.3 Å².